The average molecular weight is 464 g/mol. The van der Waals surface area contributed by atoms with Crippen LogP contribution in [0.2, 0.25) is 0 Å². The first-order valence-corrected chi connectivity index (χ1v) is 12.2. The predicted molar refractivity (Wildman–Crippen MR) is 129 cm³/mol. The smallest absolute Gasteiger partial charge is 0.342 e. The standard InChI is InChI=1S/C26H25NO5S/c1-4-31-26(28)24-22-16-20(12-15-23(22)32-25(24)19-8-6-5-7-9-19)27-33(29,30)21-13-10-18(11-14-21)17(2)3/h5-17,27H,4H2,1-3H3. The van der Waals surface area contributed by atoms with E-state index in [0.29, 0.717) is 28.3 Å². The summed E-state index contributed by atoms with van der Waals surface area (Å²) < 4.78 is 39.7. The van der Waals surface area contributed by atoms with Crippen molar-refractivity contribution >= 4 is 32.6 Å². The summed E-state index contributed by atoms with van der Waals surface area (Å²) in [6.07, 6.45) is 0. The third-order valence-corrected chi connectivity index (χ3v) is 6.71. The van der Waals surface area contributed by atoms with Crippen molar-refractivity contribution in [3.8, 4) is 11.3 Å². The largest absolute Gasteiger partial charge is 0.462 e. The maximum atomic E-state index is 12.9. The summed E-state index contributed by atoms with van der Waals surface area (Å²) in [4.78, 5) is 13.0. The van der Waals surface area contributed by atoms with E-state index in [0.717, 1.165) is 11.1 Å². The monoisotopic (exact) mass is 463 g/mol. The highest BCUT2D eigenvalue weighted by molar-refractivity contribution is 7.92. The van der Waals surface area contributed by atoms with Crippen LogP contribution in [0.5, 0.6) is 0 Å². The Hall–Kier alpha value is -3.58. The maximum Gasteiger partial charge on any atom is 0.342 e. The van der Waals surface area contributed by atoms with Crippen LogP contribution >= 0.6 is 0 Å². The topological polar surface area (TPSA) is 85.6 Å². The molecule has 7 heteroatoms. The van der Waals surface area contributed by atoms with E-state index in [9.17, 15) is 13.2 Å². The second kappa shape index (κ2) is 9.11. The number of ether oxygens (including phenoxy) is 1. The van der Waals surface area contributed by atoms with E-state index in [1.54, 1.807) is 37.3 Å². The molecule has 1 N–H and O–H groups in total. The Kier molecular flexibility index (Phi) is 6.24. The molecular formula is C26H25NO5S. The molecular weight excluding hydrogens is 438 g/mol. The van der Waals surface area contributed by atoms with Crippen LogP contribution in [0.15, 0.2) is 82.1 Å². The van der Waals surface area contributed by atoms with E-state index >= 15 is 0 Å². The van der Waals surface area contributed by atoms with E-state index in [1.165, 1.54) is 0 Å². The minimum atomic E-state index is -3.81. The molecule has 0 amide bonds. The van der Waals surface area contributed by atoms with Crippen LogP contribution in [0.4, 0.5) is 5.69 Å². The zero-order valence-electron chi connectivity index (χ0n) is 18.7. The van der Waals surface area contributed by atoms with Gasteiger partial charge in [0.05, 0.1) is 11.5 Å². The first-order valence-electron chi connectivity index (χ1n) is 10.7. The van der Waals surface area contributed by atoms with Gasteiger partial charge in [0.1, 0.15) is 16.9 Å². The SMILES string of the molecule is CCOC(=O)c1c(-c2ccccc2)oc2ccc(NS(=O)(=O)c3ccc(C(C)C)cc3)cc12. The molecule has 0 unspecified atom stereocenters. The van der Waals surface area contributed by atoms with Gasteiger partial charge in [0.2, 0.25) is 0 Å². The summed E-state index contributed by atoms with van der Waals surface area (Å²) in [5, 5.41) is 0.475. The molecule has 4 aromatic rings. The number of sulfonamides is 1. The lowest BCUT2D eigenvalue weighted by atomic mass is 10.0. The Labute approximate surface area is 193 Å². The van der Waals surface area contributed by atoms with Crippen LogP contribution in [0.25, 0.3) is 22.3 Å². The number of rotatable bonds is 7. The summed E-state index contributed by atoms with van der Waals surface area (Å²) in [6, 6.07) is 20.9. The van der Waals surface area contributed by atoms with Crippen LogP contribution in [-0.2, 0) is 14.8 Å². The van der Waals surface area contributed by atoms with E-state index in [-0.39, 0.29) is 17.1 Å². The second-order valence-electron chi connectivity index (χ2n) is 7.93. The van der Waals surface area contributed by atoms with Gasteiger partial charge < -0.3 is 9.15 Å². The Morgan fingerprint density at radius 3 is 2.33 bits per heavy atom. The van der Waals surface area contributed by atoms with Crippen LogP contribution in [0.1, 0.15) is 42.6 Å². The zero-order chi connectivity index (χ0) is 23.6. The third-order valence-electron chi connectivity index (χ3n) is 5.31. The van der Waals surface area contributed by atoms with Crippen molar-refractivity contribution in [2.24, 2.45) is 0 Å². The fraction of sp³-hybridized carbons (Fsp3) is 0.192. The molecule has 0 fully saturated rings. The van der Waals surface area contributed by atoms with Crippen LogP contribution in [0.3, 0.4) is 0 Å². The van der Waals surface area contributed by atoms with Crippen molar-refractivity contribution < 1.29 is 22.4 Å². The number of carbonyl (C=O) groups excluding carboxylic acids is 1. The fourth-order valence-electron chi connectivity index (χ4n) is 3.61. The van der Waals surface area contributed by atoms with Crippen molar-refractivity contribution in [3.63, 3.8) is 0 Å². The molecule has 1 aromatic heterocycles. The molecule has 4 rings (SSSR count). The van der Waals surface area contributed by atoms with Crippen LogP contribution in [0, 0.1) is 0 Å². The molecule has 0 aliphatic carbocycles. The number of carbonyl (C=O) groups is 1. The van der Waals surface area contributed by atoms with Crippen LogP contribution < -0.4 is 4.72 Å². The summed E-state index contributed by atoms with van der Waals surface area (Å²) in [6.45, 7) is 6.03. The first-order chi connectivity index (χ1) is 15.8. The van der Waals surface area contributed by atoms with Gasteiger partial charge in [-0.05, 0) is 48.7 Å². The van der Waals surface area contributed by atoms with Gasteiger partial charge in [-0.2, -0.15) is 0 Å². The van der Waals surface area contributed by atoms with Gasteiger partial charge in [-0.1, -0.05) is 56.3 Å². The Morgan fingerprint density at radius 2 is 1.70 bits per heavy atom. The summed E-state index contributed by atoms with van der Waals surface area (Å²) in [5.74, 6) is 0.158. The minimum absolute atomic E-state index is 0.162. The number of anilines is 1. The van der Waals surface area contributed by atoms with Gasteiger partial charge in [-0.15, -0.1) is 0 Å². The lowest BCUT2D eigenvalue weighted by Crippen LogP contribution is -2.13. The quantitative estimate of drug-likeness (QED) is 0.330. The lowest BCUT2D eigenvalue weighted by molar-refractivity contribution is 0.0528. The number of fused-ring (bicyclic) bond motifs is 1. The van der Waals surface area contributed by atoms with Crippen molar-refractivity contribution in [1.82, 2.24) is 0 Å². The molecule has 0 radical (unpaired) electrons. The molecule has 0 aliphatic heterocycles. The van der Waals surface area contributed by atoms with E-state index < -0.39 is 16.0 Å². The molecule has 6 nitrogen and oxygen atoms in total. The highest BCUT2D eigenvalue weighted by Crippen LogP contribution is 2.36. The number of nitrogens with one attached hydrogen (secondary N) is 1. The zero-order valence-corrected chi connectivity index (χ0v) is 19.5. The second-order valence-corrected chi connectivity index (χ2v) is 9.62. The number of hydrogen-bond acceptors (Lipinski definition) is 5. The number of benzene rings is 3. The highest BCUT2D eigenvalue weighted by Gasteiger charge is 2.24. The van der Waals surface area contributed by atoms with Gasteiger partial charge in [-0.3, -0.25) is 4.72 Å². The predicted octanol–water partition coefficient (Wildman–Crippen LogP) is 6.20. The number of hydrogen-bond donors (Lipinski definition) is 1. The van der Waals surface area contributed by atoms with Crippen molar-refractivity contribution in [2.75, 3.05) is 11.3 Å². The first kappa shape index (κ1) is 22.6. The van der Waals surface area contributed by atoms with Crippen molar-refractivity contribution in [1.29, 1.82) is 0 Å². The molecule has 3 aromatic carbocycles. The van der Waals surface area contributed by atoms with E-state index in [1.807, 2.05) is 56.3 Å². The number of furan rings is 1. The minimum Gasteiger partial charge on any atom is -0.462 e. The molecule has 0 atom stereocenters. The van der Waals surface area contributed by atoms with E-state index in [4.69, 9.17) is 9.15 Å². The summed E-state index contributed by atoms with van der Waals surface area (Å²) >= 11 is 0. The molecule has 0 saturated carbocycles. The van der Waals surface area contributed by atoms with E-state index in [2.05, 4.69) is 4.72 Å². The number of esters is 1. The molecule has 1 heterocycles. The Morgan fingerprint density at radius 1 is 1.00 bits per heavy atom. The summed E-state index contributed by atoms with van der Waals surface area (Å²) in [5.41, 5.74) is 2.83. The maximum absolute atomic E-state index is 12.9. The van der Waals surface area contributed by atoms with Gasteiger partial charge in [0, 0.05) is 16.6 Å². The molecule has 0 spiro atoms. The normalized spacial score (nSPS) is 11.6. The molecule has 0 bridgehead atoms. The lowest BCUT2D eigenvalue weighted by Gasteiger charge is -2.10. The Balaban J connectivity index is 1.75. The van der Waals surface area contributed by atoms with Gasteiger partial charge in [-0.25, -0.2) is 13.2 Å². The average Bonchev–Trinajstić information content (AvgIpc) is 3.18. The molecule has 0 saturated heterocycles. The molecule has 0 aliphatic rings. The van der Waals surface area contributed by atoms with Crippen LogP contribution in [-0.4, -0.2) is 21.0 Å². The van der Waals surface area contributed by atoms with Gasteiger partial charge in [0.25, 0.3) is 10.0 Å². The van der Waals surface area contributed by atoms with Crippen molar-refractivity contribution in [2.45, 2.75) is 31.6 Å². The fourth-order valence-corrected chi connectivity index (χ4v) is 4.66. The van der Waals surface area contributed by atoms with Gasteiger partial charge in [0.15, 0.2) is 0 Å². The third kappa shape index (κ3) is 4.64. The van der Waals surface area contributed by atoms with Crippen molar-refractivity contribution in [3.05, 3.63) is 83.9 Å². The van der Waals surface area contributed by atoms with Gasteiger partial charge >= 0.3 is 5.97 Å². The highest BCUT2D eigenvalue weighted by atomic mass is 32.2. The summed E-state index contributed by atoms with van der Waals surface area (Å²) in [7, 11) is -3.81. The molecule has 33 heavy (non-hydrogen) atoms. The Bertz CT molecular complexity index is 1390. The molecule has 170 valence electrons.